The van der Waals surface area contributed by atoms with E-state index in [1.807, 2.05) is 0 Å². The maximum Gasteiger partial charge on any atom is 0.161 e. The van der Waals surface area contributed by atoms with Crippen LogP contribution in [0.1, 0.15) is 25.0 Å². The standard InChI is InChI=1S/C13H17FO3/c1-13(2,14)10-8-12-11(16-5-6-17-12)7-9(10)3-4-15/h7-8,15H,3-6H2,1-2H3. The highest BCUT2D eigenvalue weighted by Crippen LogP contribution is 2.38. The Morgan fingerprint density at radius 3 is 2.35 bits per heavy atom. The van der Waals surface area contributed by atoms with Crippen LogP contribution in [0.5, 0.6) is 11.5 Å². The molecule has 0 radical (unpaired) electrons. The minimum absolute atomic E-state index is 0.0112. The Bertz CT molecular complexity index is 410. The third-order valence-electron chi connectivity index (χ3n) is 2.79. The molecule has 1 aliphatic rings. The van der Waals surface area contributed by atoms with Crippen LogP contribution in [0, 0.1) is 0 Å². The predicted octanol–water partition coefficient (Wildman–Crippen LogP) is 2.20. The number of halogens is 1. The van der Waals surface area contributed by atoms with Gasteiger partial charge in [-0.15, -0.1) is 0 Å². The van der Waals surface area contributed by atoms with Crippen molar-refractivity contribution in [1.29, 1.82) is 0 Å². The Morgan fingerprint density at radius 1 is 1.24 bits per heavy atom. The molecule has 0 bridgehead atoms. The van der Waals surface area contributed by atoms with Crippen LogP contribution in [-0.4, -0.2) is 24.9 Å². The molecular weight excluding hydrogens is 223 g/mol. The van der Waals surface area contributed by atoms with E-state index in [2.05, 4.69) is 0 Å². The molecule has 0 amide bonds. The molecule has 0 saturated carbocycles. The van der Waals surface area contributed by atoms with Crippen LogP contribution in [-0.2, 0) is 12.1 Å². The van der Waals surface area contributed by atoms with Crippen molar-refractivity contribution < 1.29 is 19.0 Å². The van der Waals surface area contributed by atoms with E-state index in [-0.39, 0.29) is 6.61 Å². The van der Waals surface area contributed by atoms with E-state index in [4.69, 9.17) is 14.6 Å². The molecule has 0 atom stereocenters. The van der Waals surface area contributed by atoms with Gasteiger partial charge in [-0.1, -0.05) is 0 Å². The number of aliphatic hydroxyl groups is 1. The Morgan fingerprint density at radius 2 is 1.82 bits per heavy atom. The molecule has 1 aliphatic heterocycles. The Labute approximate surface area is 100 Å². The molecule has 0 unspecified atom stereocenters. The highest BCUT2D eigenvalue weighted by Gasteiger charge is 2.26. The van der Waals surface area contributed by atoms with Gasteiger partial charge in [-0.2, -0.15) is 0 Å². The SMILES string of the molecule is CC(C)(F)c1cc2c(cc1CCO)OCCO2. The molecule has 94 valence electrons. The predicted molar refractivity (Wildman–Crippen MR) is 62.4 cm³/mol. The van der Waals surface area contributed by atoms with Crippen molar-refractivity contribution in [1.82, 2.24) is 0 Å². The molecule has 2 rings (SSSR count). The summed E-state index contributed by atoms with van der Waals surface area (Å²) in [5.74, 6) is 1.21. The Hall–Kier alpha value is -1.29. The van der Waals surface area contributed by atoms with Gasteiger partial charge < -0.3 is 14.6 Å². The molecule has 0 aromatic heterocycles. The van der Waals surface area contributed by atoms with Gasteiger partial charge in [-0.05, 0) is 43.5 Å². The van der Waals surface area contributed by atoms with Crippen LogP contribution < -0.4 is 9.47 Å². The smallest absolute Gasteiger partial charge is 0.161 e. The molecule has 1 N–H and O–H groups in total. The lowest BCUT2D eigenvalue weighted by molar-refractivity contribution is 0.168. The number of ether oxygens (including phenoxy) is 2. The topological polar surface area (TPSA) is 38.7 Å². The lowest BCUT2D eigenvalue weighted by Crippen LogP contribution is -2.19. The van der Waals surface area contributed by atoms with Gasteiger partial charge in [0.1, 0.15) is 18.9 Å². The highest BCUT2D eigenvalue weighted by atomic mass is 19.1. The van der Waals surface area contributed by atoms with Crippen molar-refractivity contribution in [2.75, 3.05) is 19.8 Å². The number of aliphatic hydroxyl groups excluding tert-OH is 1. The van der Waals surface area contributed by atoms with Gasteiger partial charge in [0, 0.05) is 6.61 Å². The van der Waals surface area contributed by atoms with Crippen LogP contribution in [0.2, 0.25) is 0 Å². The van der Waals surface area contributed by atoms with Gasteiger partial charge in [0.15, 0.2) is 11.5 Å². The summed E-state index contributed by atoms with van der Waals surface area (Å²) in [7, 11) is 0. The summed E-state index contributed by atoms with van der Waals surface area (Å²) in [6, 6.07) is 3.45. The van der Waals surface area contributed by atoms with Gasteiger partial charge in [0.2, 0.25) is 0 Å². The van der Waals surface area contributed by atoms with E-state index in [0.717, 1.165) is 5.56 Å². The summed E-state index contributed by atoms with van der Waals surface area (Å²) in [5.41, 5.74) is -0.139. The Kier molecular flexibility index (Phi) is 3.24. The van der Waals surface area contributed by atoms with Gasteiger partial charge in [0.25, 0.3) is 0 Å². The quantitative estimate of drug-likeness (QED) is 0.880. The van der Waals surface area contributed by atoms with E-state index in [9.17, 15) is 4.39 Å². The van der Waals surface area contributed by atoms with E-state index in [1.165, 1.54) is 13.8 Å². The van der Waals surface area contributed by atoms with Gasteiger partial charge >= 0.3 is 0 Å². The second-order valence-electron chi connectivity index (χ2n) is 4.60. The molecule has 0 fully saturated rings. The average molecular weight is 240 g/mol. The van der Waals surface area contributed by atoms with Crippen LogP contribution >= 0.6 is 0 Å². The number of hydrogen-bond donors (Lipinski definition) is 1. The zero-order valence-corrected chi connectivity index (χ0v) is 10.1. The number of alkyl halides is 1. The van der Waals surface area contributed by atoms with Gasteiger partial charge in [0.05, 0.1) is 0 Å². The largest absolute Gasteiger partial charge is 0.486 e. The number of hydrogen-bond acceptors (Lipinski definition) is 3. The molecule has 4 heteroatoms. The maximum atomic E-state index is 14.1. The van der Waals surface area contributed by atoms with Crippen molar-refractivity contribution in [2.24, 2.45) is 0 Å². The van der Waals surface area contributed by atoms with E-state index < -0.39 is 5.67 Å². The van der Waals surface area contributed by atoms with E-state index in [0.29, 0.717) is 36.7 Å². The van der Waals surface area contributed by atoms with Crippen LogP contribution in [0.15, 0.2) is 12.1 Å². The summed E-state index contributed by atoms with van der Waals surface area (Å²) < 4.78 is 25.0. The molecule has 0 spiro atoms. The average Bonchev–Trinajstić information content (AvgIpc) is 2.27. The third kappa shape index (κ3) is 2.52. The first-order valence-corrected chi connectivity index (χ1v) is 5.75. The lowest BCUT2D eigenvalue weighted by atomic mass is 9.92. The second-order valence-corrected chi connectivity index (χ2v) is 4.60. The van der Waals surface area contributed by atoms with Crippen molar-refractivity contribution >= 4 is 0 Å². The monoisotopic (exact) mass is 240 g/mol. The normalized spacial score (nSPS) is 14.8. The minimum atomic E-state index is -1.46. The minimum Gasteiger partial charge on any atom is -0.486 e. The molecule has 1 aromatic rings. The fourth-order valence-corrected chi connectivity index (χ4v) is 2.01. The third-order valence-corrected chi connectivity index (χ3v) is 2.79. The van der Waals surface area contributed by atoms with Crippen LogP contribution in [0.25, 0.3) is 0 Å². The fraction of sp³-hybridized carbons (Fsp3) is 0.538. The second kappa shape index (κ2) is 4.53. The molecule has 17 heavy (non-hydrogen) atoms. The van der Waals surface area contributed by atoms with Crippen LogP contribution in [0.3, 0.4) is 0 Å². The molecule has 3 nitrogen and oxygen atoms in total. The van der Waals surface area contributed by atoms with E-state index >= 15 is 0 Å². The van der Waals surface area contributed by atoms with Crippen LogP contribution in [0.4, 0.5) is 4.39 Å². The maximum absolute atomic E-state index is 14.1. The van der Waals surface area contributed by atoms with Gasteiger partial charge in [-0.3, -0.25) is 0 Å². The van der Waals surface area contributed by atoms with Crippen molar-refractivity contribution in [3.8, 4) is 11.5 Å². The molecule has 0 aliphatic carbocycles. The summed E-state index contributed by atoms with van der Waals surface area (Å²) in [4.78, 5) is 0. The summed E-state index contributed by atoms with van der Waals surface area (Å²) in [6.45, 7) is 3.98. The summed E-state index contributed by atoms with van der Waals surface area (Å²) in [5, 5.41) is 9.02. The molecular formula is C13H17FO3. The Balaban J connectivity index is 2.48. The molecule has 1 heterocycles. The first-order valence-electron chi connectivity index (χ1n) is 5.75. The zero-order valence-electron chi connectivity index (χ0n) is 10.1. The zero-order chi connectivity index (χ0) is 12.5. The number of fused-ring (bicyclic) bond motifs is 1. The number of benzene rings is 1. The van der Waals surface area contributed by atoms with E-state index in [1.54, 1.807) is 12.1 Å². The summed E-state index contributed by atoms with van der Waals surface area (Å²) >= 11 is 0. The first kappa shape index (κ1) is 12.2. The highest BCUT2D eigenvalue weighted by molar-refractivity contribution is 5.49. The van der Waals surface area contributed by atoms with Crippen molar-refractivity contribution in [2.45, 2.75) is 25.9 Å². The van der Waals surface area contributed by atoms with Crippen molar-refractivity contribution in [3.63, 3.8) is 0 Å². The van der Waals surface area contributed by atoms with Crippen molar-refractivity contribution in [3.05, 3.63) is 23.3 Å². The van der Waals surface area contributed by atoms with Gasteiger partial charge in [-0.25, -0.2) is 4.39 Å². The molecule has 1 aromatic carbocycles. The summed E-state index contributed by atoms with van der Waals surface area (Å²) in [6.07, 6.45) is 0.416. The lowest BCUT2D eigenvalue weighted by Gasteiger charge is -2.24. The fourth-order valence-electron chi connectivity index (χ4n) is 2.01. The first-order chi connectivity index (χ1) is 8.02. The number of rotatable bonds is 3. The molecule has 0 saturated heterocycles.